The predicted molar refractivity (Wildman–Crippen MR) is 137 cm³/mol. The van der Waals surface area contributed by atoms with Crippen molar-refractivity contribution in [1.82, 2.24) is 4.57 Å². The molecule has 4 aromatic rings. The highest BCUT2D eigenvalue weighted by molar-refractivity contribution is 6.09. The molecule has 3 aromatic carbocycles. The first-order valence-corrected chi connectivity index (χ1v) is 12.3. The van der Waals surface area contributed by atoms with Crippen molar-refractivity contribution in [3.05, 3.63) is 71.8 Å². The fraction of sp³-hybridized carbons (Fsp3) is 0.400. The normalized spacial score (nSPS) is 13.3. The molecular formula is C30H34F3N. The number of rotatable bonds is 8. The fourth-order valence-electron chi connectivity index (χ4n) is 4.86. The van der Waals surface area contributed by atoms with Gasteiger partial charge in [-0.05, 0) is 72.7 Å². The third-order valence-corrected chi connectivity index (χ3v) is 6.89. The summed E-state index contributed by atoms with van der Waals surface area (Å²) in [6.45, 7) is 9.97. The van der Waals surface area contributed by atoms with Gasteiger partial charge >= 0.3 is 6.18 Å². The van der Waals surface area contributed by atoms with Crippen LogP contribution in [0.15, 0.2) is 60.7 Å². The maximum absolute atomic E-state index is 13.0. The number of alkyl halides is 3. The maximum atomic E-state index is 13.0. The number of halogens is 3. The van der Waals surface area contributed by atoms with Crippen LogP contribution in [0.3, 0.4) is 0 Å². The molecule has 1 aromatic heterocycles. The van der Waals surface area contributed by atoms with Gasteiger partial charge in [-0.3, -0.25) is 0 Å². The van der Waals surface area contributed by atoms with Crippen molar-refractivity contribution < 1.29 is 13.2 Å². The Morgan fingerprint density at radius 2 is 1.35 bits per heavy atom. The number of nitrogens with zero attached hydrogens (tertiary/aromatic N) is 1. The molecular weight excluding hydrogens is 431 g/mol. The maximum Gasteiger partial charge on any atom is 0.416 e. The molecule has 0 spiro atoms. The number of fused-ring (bicyclic) bond motifs is 3. The molecule has 4 heteroatoms. The number of hydrogen-bond donors (Lipinski definition) is 0. The average Bonchev–Trinajstić information content (AvgIpc) is 3.09. The highest BCUT2D eigenvalue weighted by Crippen LogP contribution is 2.35. The quantitative estimate of drug-likeness (QED) is 0.244. The minimum atomic E-state index is -4.32. The van der Waals surface area contributed by atoms with Crippen molar-refractivity contribution in [1.29, 1.82) is 0 Å². The number of benzene rings is 3. The predicted octanol–water partition coefficient (Wildman–Crippen LogP) is 9.64. The summed E-state index contributed by atoms with van der Waals surface area (Å²) in [7, 11) is 0. The van der Waals surface area contributed by atoms with E-state index in [1.165, 1.54) is 41.2 Å². The van der Waals surface area contributed by atoms with E-state index in [-0.39, 0.29) is 0 Å². The van der Waals surface area contributed by atoms with Crippen LogP contribution in [0.2, 0.25) is 0 Å². The van der Waals surface area contributed by atoms with Gasteiger partial charge in [0.1, 0.15) is 0 Å². The van der Waals surface area contributed by atoms with Gasteiger partial charge in [0.15, 0.2) is 0 Å². The van der Waals surface area contributed by atoms with E-state index in [1.807, 2.05) is 6.07 Å². The lowest BCUT2D eigenvalue weighted by atomic mass is 9.97. The van der Waals surface area contributed by atoms with Gasteiger partial charge in [-0.1, -0.05) is 69.9 Å². The molecule has 1 unspecified atom stereocenters. The second-order valence-corrected chi connectivity index (χ2v) is 10.2. The molecule has 4 rings (SSSR count). The van der Waals surface area contributed by atoms with Gasteiger partial charge in [-0.15, -0.1) is 0 Å². The van der Waals surface area contributed by atoms with Gasteiger partial charge in [0.05, 0.1) is 5.56 Å². The van der Waals surface area contributed by atoms with Crippen LogP contribution in [-0.4, -0.2) is 4.57 Å². The molecule has 0 aliphatic carbocycles. The topological polar surface area (TPSA) is 4.93 Å². The average molecular weight is 466 g/mol. The van der Waals surface area contributed by atoms with E-state index in [0.29, 0.717) is 5.92 Å². The van der Waals surface area contributed by atoms with Gasteiger partial charge in [-0.25, -0.2) is 0 Å². The Labute approximate surface area is 200 Å². The van der Waals surface area contributed by atoms with E-state index in [0.717, 1.165) is 47.5 Å². The molecule has 0 radical (unpaired) electrons. The van der Waals surface area contributed by atoms with Crippen LogP contribution in [0.5, 0.6) is 0 Å². The molecule has 0 aliphatic rings. The third-order valence-electron chi connectivity index (χ3n) is 6.89. The largest absolute Gasteiger partial charge is 0.416 e. The Hall–Kier alpha value is -2.75. The summed E-state index contributed by atoms with van der Waals surface area (Å²) in [6, 6.07) is 18.3. The Morgan fingerprint density at radius 3 is 2.00 bits per heavy atom. The van der Waals surface area contributed by atoms with Crippen molar-refractivity contribution in [3.8, 4) is 11.1 Å². The smallest absolute Gasteiger partial charge is 0.340 e. The lowest BCUT2D eigenvalue weighted by molar-refractivity contribution is -0.137. The zero-order chi connectivity index (χ0) is 24.5. The van der Waals surface area contributed by atoms with Gasteiger partial charge < -0.3 is 4.57 Å². The van der Waals surface area contributed by atoms with Crippen molar-refractivity contribution in [3.63, 3.8) is 0 Å². The second kappa shape index (κ2) is 9.85. The zero-order valence-electron chi connectivity index (χ0n) is 20.5. The SMILES string of the molecule is Cc1ccc2c(c1)c1cc(-c3ccc(C(F)(F)F)cc3)ccc1n2CCC(C)CCCC(C)C. The summed E-state index contributed by atoms with van der Waals surface area (Å²) in [5.74, 6) is 1.43. The van der Waals surface area contributed by atoms with Gasteiger partial charge in [0.2, 0.25) is 0 Å². The van der Waals surface area contributed by atoms with E-state index in [2.05, 4.69) is 62.6 Å². The van der Waals surface area contributed by atoms with Gasteiger partial charge in [0.25, 0.3) is 0 Å². The lowest BCUT2D eigenvalue weighted by Gasteiger charge is -2.14. The van der Waals surface area contributed by atoms with Crippen molar-refractivity contribution >= 4 is 21.8 Å². The van der Waals surface area contributed by atoms with Crippen LogP contribution < -0.4 is 0 Å². The van der Waals surface area contributed by atoms with Crippen LogP contribution in [-0.2, 0) is 12.7 Å². The molecule has 180 valence electrons. The van der Waals surface area contributed by atoms with E-state index in [9.17, 15) is 13.2 Å². The summed E-state index contributed by atoms with van der Waals surface area (Å²) in [6.07, 6.45) is 0.630. The third kappa shape index (κ3) is 5.32. The van der Waals surface area contributed by atoms with Crippen LogP contribution in [0, 0.1) is 18.8 Å². The van der Waals surface area contributed by atoms with E-state index >= 15 is 0 Å². The van der Waals surface area contributed by atoms with Crippen LogP contribution in [0.1, 0.15) is 57.6 Å². The first-order chi connectivity index (χ1) is 16.1. The minimum Gasteiger partial charge on any atom is -0.340 e. The van der Waals surface area contributed by atoms with E-state index < -0.39 is 11.7 Å². The molecule has 0 N–H and O–H groups in total. The summed E-state index contributed by atoms with van der Waals surface area (Å²) in [5, 5.41) is 2.36. The zero-order valence-corrected chi connectivity index (χ0v) is 20.5. The van der Waals surface area contributed by atoms with Crippen LogP contribution >= 0.6 is 0 Å². The fourth-order valence-corrected chi connectivity index (χ4v) is 4.86. The summed E-state index contributed by atoms with van der Waals surface area (Å²) >= 11 is 0. The molecule has 0 amide bonds. The lowest BCUT2D eigenvalue weighted by Crippen LogP contribution is -2.04. The summed E-state index contributed by atoms with van der Waals surface area (Å²) in [5.41, 5.74) is 4.72. The minimum absolute atomic E-state index is 0.618. The highest BCUT2D eigenvalue weighted by Gasteiger charge is 2.30. The Kier molecular flexibility index (Phi) is 7.06. The Balaban J connectivity index is 1.66. The number of hydrogen-bond acceptors (Lipinski definition) is 0. The number of aryl methyl sites for hydroxylation is 2. The molecule has 1 heterocycles. The molecule has 1 atom stereocenters. The Bertz CT molecular complexity index is 1260. The first-order valence-electron chi connectivity index (χ1n) is 12.3. The number of aromatic nitrogens is 1. The van der Waals surface area contributed by atoms with E-state index in [4.69, 9.17) is 0 Å². The van der Waals surface area contributed by atoms with Crippen molar-refractivity contribution in [2.24, 2.45) is 11.8 Å². The summed E-state index contributed by atoms with van der Waals surface area (Å²) in [4.78, 5) is 0. The molecule has 0 aliphatic heterocycles. The molecule has 34 heavy (non-hydrogen) atoms. The molecule has 0 fully saturated rings. The van der Waals surface area contributed by atoms with E-state index in [1.54, 1.807) is 12.1 Å². The standard InChI is InChI=1S/C30H34F3N/c1-20(2)6-5-7-21(3)16-17-34-28-14-8-22(4)18-26(28)27-19-24(11-15-29(27)34)23-9-12-25(13-10-23)30(31,32)33/h8-15,18-21H,5-7,16-17H2,1-4H3. The van der Waals surface area contributed by atoms with Crippen LogP contribution in [0.4, 0.5) is 13.2 Å². The molecule has 1 nitrogen and oxygen atoms in total. The monoisotopic (exact) mass is 465 g/mol. The van der Waals surface area contributed by atoms with Crippen molar-refractivity contribution in [2.75, 3.05) is 0 Å². The van der Waals surface area contributed by atoms with Crippen LogP contribution in [0.25, 0.3) is 32.9 Å². The van der Waals surface area contributed by atoms with Gasteiger partial charge in [-0.2, -0.15) is 13.2 Å². The van der Waals surface area contributed by atoms with Gasteiger partial charge in [0, 0.05) is 28.4 Å². The highest BCUT2D eigenvalue weighted by atomic mass is 19.4. The molecule has 0 saturated heterocycles. The molecule has 0 saturated carbocycles. The first kappa shape index (κ1) is 24.4. The second-order valence-electron chi connectivity index (χ2n) is 10.2. The van der Waals surface area contributed by atoms with Crippen molar-refractivity contribution in [2.45, 2.75) is 66.1 Å². The Morgan fingerprint density at radius 1 is 0.735 bits per heavy atom. The summed E-state index contributed by atoms with van der Waals surface area (Å²) < 4.78 is 41.3. The molecule has 0 bridgehead atoms.